The Morgan fingerprint density at radius 1 is 0.926 bits per heavy atom. The minimum Gasteiger partial charge on any atom is -0.497 e. The van der Waals surface area contributed by atoms with E-state index in [1.807, 2.05) is 42.5 Å². The van der Waals surface area contributed by atoms with Crippen LogP contribution in [-0.4, -0.2) is 7.11 Å². The highest BCUT2D eigenvalue weighted by molar-refractivity contribution is 7.99. The van der Waals surface area contributed by atoms with E-state index in [-0.39, 0.29) is 5.43 Å². The molecule has 0 aliphatic carbocycles. The van der Waals surface area contributed by atoms with E-state index in [0.717, 1.165) is 21.1 Å². The van der Waals surface area contributed by atoms with Gasteiger partial charge in [-0.2, -0.15) is 0 Å². The lowest BCUT2D eigenvalue weighted by Gasteiger charge is -2.21. The van der Waals surface area contributed by atoms with Crippen molar-refractivity contribution < 1.29 is 13.9 Å². The maximum atomic E-state index is 13.1. The highest BCUT2D eigenvalue weighted by Crippen LogP contribution is 2.50. The molecule has 0 amide bonds. The molecule has 1 aliphatic heterocycles. The molecule has 0 N–H and O–H groups in total. The molecule has 0 atom stereocenters. The second-order valence-electron chi connectivity index (χ2n) is 6.12. The van der Waals surface area contributed by atoms with Crippen molar-refractivity contribution in [3.63, 3.8) is 0 Å². The molecule has 0 bridgehead atoms. The van der Waals surface area contributed by atoms with Crippen molar-refractivity contribution in [1.82, 2.24) is 0 Å². The van der Waals surface area contributed by atoms with E-state index in [1.165, 1.54) is 6.26 Å². The van der Waals surface area contributed by atoms with Gasteiger partial charge in [-0.1, -0.05) is 36.0 Å². The van der Waals surface area contributed by atoms with Gasteiger partial charge in [-0.25, -0.2) is 0 Å². The lowest BCUT2D eigenvalue weighted by molar-refractivity contribution is 0.414. The van der Waals surface area contributed by atoms with Crippen LogP contribution in [0.2, 0.25) is 0 Å². The molecule has 0 saturated heterocycles. The Kier molecular flexibility index (Phi) is 3.69. The zero-order chi connectivity index (χ0) is 18.4. The molecule has 3 aromatic carbocycles. The van der Waals surface area contributed by atoms with E-state index in [0.29, 0.717) is 28.0 Å². The molecule has 1 aliphatic rings. The third-order valence-electron chi connectivity index (χ3n) is 4.53. The van der Waals surface area contributed by atoms with Gasteiger partial charge >= 0.3 is 0 Å². The van der Waals surface area contributed by atoms with Gasteiger partial charge in [0.25, 0.3) is 0 Å². The molecular formula is C22H14O4S. The Bertz CT molecular complexity index is 1240. The van der Waals surface area contributed by atoms with Gasteiger partial charge in [0, 0.05) is 11.6 Å². The van der Waals surface area contributed by atoms with Crippen LogP contribution in [0.3, 0.4) is 0 Å². The summed E-state index contributed by atoms with van der Waals surface area (Å²) < 4.78 is 17.1. The maximum Gasteiger partial charge on any atom is 0.200 e. The Hall–Kier alpha value is -3.18. The number of fused-ring (bicyclic) bond motifs is 3. The first-order chi connectivity index (χ1) is 13.2. The molecule has 2 heterocycles. The minimum absolute atomic E-state index is 0.0974. The number of para-hydroxylation sites is 2. The van der Waals surface area contributed by atoms with E-state index in [9.17, 15) is 4.79 Å². The van der Waals surface area contributed by atoms with Crippen LogP contribution < -0.4 is 14.9 Å². The van der Waals surface area contributed by atoms with Gasteiger partial charge in [0.05, 0.1) is 27.9 Å². The zero-order valence-electron chi connectivity index (χ0n) is 14.4. The Balaban J connectivity index is 1.69. The van der Waals surface area contributed by atoms with Gasteiger partial charge < -0.3 is 13.9 Å². The van der Waals surface area contributed by atoms with E-state index in [4.69, 9.17) is 13.9 Å². The molecular weight excluding hydrogens is 360 g/mol. The zero-order valence-corrected chi connectivity index (χ0v) is 15.2. The summed E-state index contributed by atoms with van der Waals surface area (Å²) in [6, 6.07) is 18.9. The molecule has 27 heavy (non-hydrogen) atoms. The van der Waals surface area contributed by atoms with Gasteiger partial charge in [0.1, 0.15) is 29.1 Å². The van der Waals surface area contributed by atoms with E-state index in [2.05, 4.69) is 0 Å². The molecule has 0 unspecified atom stereocenters. The molecule has 5 heteroatoms. The van der Waals surface area contributed by atoms with Gasteiger partial charge in [-0.05, 0) is 30.3 Å². The van der Waals surface area contributed by atoms with Gasteiger partial charge in [-0.15, -0.1) is 0 Å². The van der Waals surface area contributed by atoms with Gasteiger partial charge in [0.15, 0.2) is 0 Å². The third-order valence-corrected chi connectivity index (χ3v) is 5.63. The molecule has 5 rings (SSSR count). The van der Waals surface area contributed by atoms with Crippen molar-refractivity contribution in [3.8, 4) is 28.4 Å². The molecule has 1 aromatic heterocycles. The van der Waals surface area contributed by atoms with Crippen molar-refractivity contribution >= 4 is 22.7 Å². The molecule has 132 valence electrons. The van der Waals surface area contributed by atoms with E-state index >= 15 is 0 Å². The van der Waals surface area contributed by atoms with Crippen molar-refractivity contribution in [2.45, 2.75) is 9.79 Å². The van der Waals surface area contributed by atoms with Crippen LogP contribution in [0.4, 0.5) is 0 Å². The number of methoxy groups -OCH3 is 1. The molecule has 0 fully saturated rings. The SMILES string of the molecule is COc1ccc2c(=O)c(-c3cccc4c3Oc3ccccc3S4)coc2c1. The quantitative estimate of drug-likeness (QED) is 0.395. The first-order valence-corrected chi connectivity index (χ1v) is 9.24. The smallest absolute Gasteiger partial charge is 0.200 e. The van der Waals surface area contributed by atoms with Crippen LogP contribution in [0.25, 0.3) is 22.1 Å². The predicted molar refractivity (Wildman–Crippen MR) is 105 cm³/mol. The topological polar surface area (TPSA) is 48.7 Å². The van der Waals surface area contributed by atoms with Crippen LogP contribution in [0, 0.1) is 0 Å². The average molecular weight is 374 g/mol. The summed E-state index contributed by atoms with van der Waals surface area (Å²) in [6.45, 7) is 0. The monoisotopic (exact) mass is 374 g/mol. The van der Waals surface area contributed by atoms with Crippen LogP contribution in [-0.2, 0) is 0 Å². The summed E-state index contributed by atoms with van der Waals surface area (Å²) >= 11 is 1.63. The maximum absolute atomic E-state index is 13.1. The first-order valence-electron chi connectivity index (χ1n) is 8.42. The fourth-order valence-corrected chi connectivity index (χ4v) is 4.17. The number of ether oxygens (including phenoxy) is 2. The van der Waals surface area contributed by atoms with Crippen molar-refractivity contribution in [2.75, 3.05) is 7.11 Å². The van der Waals surface area contributed by atoms with Gasteiger partial charge in [-0.3, -0.25) is 4.79 Å². The van der Waals surface area contributed by atoms with E-state index < -0.39 is 0 Å². The second-order valence-corrected chi connectivity index (χ2v) is 7.21. The van der Waals surface area contributed by atoms with Crippen LogP contribution in [0.15, 0.2) is 85.9 Å². The van der Waals surface area contributed by atoms with Crippen LogP contribution in [0.5, 0.6) is 17.2 Å². The number of rotatable bonds is 2. The second kappa shape index (κ2) is 6.21. The lowest BCUT2D eigenvalue weighted by Crippen LogP contribution is -2.06. The Morgan fingerprint density at radius 3 is 2.67 bits per heavy atom. The van der Waals surface area contributed by atoms with Crippen LogP contribution in [0.1, 0.15) is 0 Å². The van der Waals surface area contributed by atoms with Crippen molar-refractivity contribution in [3.05, 3.63) is 77.2 Å². The van der Waals surface area contributed by atoms with Crippen LogP contribution >= 0.6 is 11.8 Å². The summed E-state index contributed by atoms with van der Waals surface area (Å²) in [7, 11) is 1.58. The van der Waals surface area contributed by atoms with E-state index in [1.54, 1.807) is 37.1 Å². The minimum atomic E-state index is -0.0974. The first kappa shape index (κ1) is 16.0. The molecule has 4 aromatic rings. The molecule has 4 nitrogen and oxygen atoms in total. The number of hydrogen-bond donors (Lipinski definition) is 0. The number of hydrogen-bond acceptors (Lipinski definition) is 5. The fraction of sp³-hybridized carbons (Fsp3) is 0.0455. The highest BCUT2D eigenvalue weighted by Gasteiger charge is 2.23. The van der Waals surface area contributed by atoms with Gasteiger partial charge in [0.2, 0.25) is 5.43 Å². The average Bonchev–Trinajstić information content (AvgIpc) is 2.72. The number of benzene rings is 3. The fourth-order valence-electron chi connectivity index (χ4n) is 3.18. The summed E-state index contributed by atoms with van der Waals surface area (Å²) in [5, 5.41) is 0.509. The standard InChI is InChI=1S/C22H14O4S/c1-24-13-9-10-15-18(11-13)25-12-16(21(15)23)14-5-4-8-20-22(14)26-17-6-2-3-7-19(17)27-20/h2-12H,1H3. The largest absolute Gasteiger partial charge is 0.497 e. The van der Waals surface area contributed by atoms with Crippen molar-refractivity contribution in [1.29, 1.82) is 0 Å². The summed E-state index contributed by atoms with van der Waals surface area (Å²) in [4.78, 5) is 15.1. The summed E-state index contributed by atoms with van der Waals surface area (Å²) in [5.41, 5.74) is 1.60. The molecule has 0 saturated carbocycles. The summed E-state index contributed by atoms with van der Waals surface area (Å²) in [6.07, 6.45) is 1.49. The molecule has 0 radical (unpaired) electrons. The predicted octanol–water partition coefficient (Wildman–Crippen LogP) is 5.73. The molecule has 0 spiro atoms. The summed E-state index contributed by atoms with van der Waals surface area (Å²) in [5.74, 6) is 2.12. The van der Waals surface area contributed by atoms with Crippen molar-refractivity contribution in [2.24, 2.45) is 0 Å². The normalized spacial score (nSPS) is 12.2. The Labute approximate surface area is 159 Å². The highest BCUT2D eigenvalue weighted by atomic mass is 32.2. The lowest BCUT2D eigenvalue weighted by atomic mass is 10.0. The third kappa shape index (κ3) is 2.59. The Morgan fingerprint density at radius 2 is 1.78 bits per heavy atom.